The molecule has 2 aliphatic heterocycles. The molecular formula is C83H72B2ClN3O4. The first-order valence-electron chi connectivity index (χ1n) is 31.8. The van der Waals surface area contributed by atoms with E-state index >= 15 is 0 Å². The maximum atomic E-state index is 6.31. The van der Waals surface area contributed by atoms with E-state index < -0.39 is 14.2 Å². The van der Waals surface area contributed by atoms with Crippen LogP contribution in [0.15, 0.2) is 291 Å². The van der Waals surface area contributed by atoms with Crippen LogP contribution < -0.4 is 10.9 Å². The van der Waals surface area contributed by atoms with Crippen LogP contribution in [0, 0.1) is 0 Å². The third-order valence-electron chi connectivity index (χ3n) is 18.5. The molecule has 0 amide bonds. The van der Waals surface area contributed by atoms with Crippen molar-refractivity contribution in [1.29, 1.82) is 0 Å². The third kappa shape index (κ3) is 13.3. The van der Waals surface area contributed by atoms with Crippen LogP contribution in [0.2, 0.25) is 5.15 Å². The molecular weight excluding hydrogens is 1160 g/mol. The molecule has 0 spiro atoms. The van der Waals surface area contributed by atoms with Gasteiger partial charge < -0.3 is 18.6 Å². The normalized spacial score (nSPS) is 15.1. The first-order chi connectivity index (χ1) is 45.0. The highest BCUT2D eigenvalue weighted by Crippen LogP contribution is 2.41. The van der Waals surface area contributed by atoms with Gasteiger partial charge in [-0.15, -0.1) is 0 Å². The molecule has 0 saturated carbocycles. The minimum absolute atomic E-state index is 0.372. The van der Waals surface area contributed by atoms with Crippen LogP contribution in [0.1, 0.15) is 55.4 Å². The minimum Gasteiger partial charge on any atom is -0.399 e. The second-order valence-corrected chi connectivity index (χ2v) is 26.1. The van der Waals surface area contributed by atoms with E-state index in [-0.39, 0.29) is 22.4 Å². The number of nitrogens with zero attached hydrogens (tertiary/aromatic N) is 3. The van der Waals surface area contributed by atoms with E-state index in [1.807, 2.05) is 66.7 Å². The summed E-state index contributed by atoms with van der Waals surface area (Å²) in [6.45, 7) is 16.6. The highest BCUT2D eigenvalue weighted by molar-refractivity contribution is 6.68. The molecule has 13 aromatic rings. The first kappa shape index (κ1) is 62.2. The highest BCUT2D eigenvalue weighted by atomic mass is 35.5. The molecule has 10 aromatic carbocycles. The Bertz CT molecular complexity index is 4320. The summed E-state index contributed by atoms with van der Waals surface area (Å²) in [6.07, 6.45) is 0. The van der Waals surface area contributed by atoms with E-state index in [2.05, 4.69) is 285 Å². The fourth-order valence-corrected chi connectivity index (χ4v) is 12.2. The highest BCUT2D eigenvalue weighted by Gasteiger charge is 2.54. The van der Waals surface area contributed by atoms with Crippen molar-refractivity contribution in [3.05, 3.63) is 296 Å². The zero-order valence-corrected chi connectivity index (χ0v) is 54.5. The molecule has 0 radical (unpaired) electrons. The number of halogens is 1. The lowest BCUT2D eigenvalue weighted by molar-refractivity contribution is 0.00578. The summed E-state index contributed by atoms with van der Waals surface area (Å²) in [7, 11) is -0.801. The number of aromatic nitrogens is 3. The first-order valence-corrected chi connectivity index (χ1v) is 32.1. The second-order valence-electron chi connectivity index (χ2n) is 25.7. The van der Waals surface area contributed by atoms with Crippen molar-refractivity contribution in [2.24, 2.45) is 0 Å². The largest absolute Gasteiger partial charge is 0.495 e. The summed E-state index contributed by atoms with van der Waals surface area (Å²) in [5.74, 6) is 0. The molecule has 456 valence electrons. The van der Waals surface area contributed by atoms with Crippen LogP contribution in [-0.4, -0.2) is 51.6 Å². The van der Waals surface area contributed by atoms with E-state index in [1.165, 1.54) is 11.1 Å². The number of pyridine rings is 3. The molecule has 0 aliphatic carbocycles. The smallest absolute Gasteiger partial charge is 0.399 e. The van der Waals surface area contributed by atoms with Crippen molar-refractivity contribution in [3.63, 3.8) is 0 Å². The van der Waals surface area contributed by atoms with Gasteiger partial charge in [-0.3, -0.25) is 0 Å². The number of fused-ring (bicyclic) bond motifs is 2. The average molecular weight is 1230 g/mol. The lowest BCUT2D eigenvalue weighted by atomic mass is 9.71. The van der Waals surface area contributed by atoms with Gasteiger partial charge in [0.2, 0.25) is 0 Å². The van der Waals surface area contributed by atoms with Gasteiger partial charge >= 0.3 is 14.2 Å². The third-order valence-corrected chi connectivity index (χ3v) is 18.6. The van der Waals surface area contributed by atoms with Gasteiger partial charge in [-0.05, 0) is 158 Å². The van der Waals surface area contributed by atoms with Crippen LogP contribution in [0.25, 0.3) is 111 Å². The van der Waals surface area contributed by atoms with Crippen LogP contribution in [0.4, 0.5) is 0 Å². The van der Waals surface area contributed by atoms with E-state index in [9.17, 15) is 0 Å². The van der Waals surface area contributed by atoms with Crippen LogP contribution in [0.5, 0.6) is 0 Å². The summed E-state index contributed by atoms with van der Waals surface area (Å²) in [6, 6.07) is 100. The molecule has 0 unspecified atom stereocenters. The Hall–Kier alpha value is -9.57. The van der Waals surface area contributed by atoms with Crippen molar-refractivity contribution in [2.45, 2.75) is 77.8 Å². The van der Waals surface area contributed by atoms with Crippen LogP contribution >= 0.6 is 11.6 Å². The Morgan fingerprint density at radius 3 is 0.828 bits per heavy atom. The zero-order chi connectivity index (χ0) is 64.3. The number of hydrogen-bond acceptors (Lipinski definition) is 7. The SMILES string of the molecule is CC1(C)OB(c2cccc3c(B4OC(C)(C)C(C)(C)O4)cccc23)OC1(C)C.Clc1cc(-c2ccccc2)cc(-c2ccccc2)n1.c1ccc(-c2cc(-c3ccccc3)nc(-c3cccc4c(-c5cc(-c6ccccc6)cc(-c6ccccc6)n5)cccc34)c2)cc1. The molecule has 2 aliphatic rings. The van der Waals surface area contributed by atoms with Gasteiger partial charge in [0.05, 0.1) is 50.9 Å². The maximum absolute atomic E-state index is 6.31. The van der Waals surface area contributed by atoms with Crippen LogP contribution in [0.3, 0.4) is 0 Å². The lowest BCUT2D eigenvalue weighted by Gasteiger charge is -2.32. The van der Waals surface area contributed by atoms with Gasteiger partial charge in [0.25, 0.3) is 0 Å². The molecule has 10 heteroatoms. The van der Waals surface area contributed by atoms with Gasteiger partial charge in [0.15, 0.2) is 0 Å². The average Bonchev–Trinajstić information content (AvgIpc) is 1.72. The molecule has 0 bridgehead atoms. The van der Waals surface area contributed by atoms with Crippen molar-refractivity contribution in [3.8, 4) is 89.7 Å². The molecule has 3 aromatic heterocycles. The van der Waals surface area contributed by atoms with Gasteiger partial charge in [-0.1, -0.05) is 266 Å². The van der Waals surface area contributed by atoms with Crippen molar-refractivity contribution >= 4 is 58.3 Å². The predicted molar refractivity (Wildman–Crippen MR) is 388 cm³/mol. The molecule has 2 saturated heterocycles. The molecule has 7 nitrogen and oxygen atoms in total. The Morgan fingerprint density at radius 2 is 0.505 bits per heavy atom. The quantitative estimate of drug-likeness (QED) is 0.0997. The van der Waals surface area contributed by atoms with Crippen molar-refractivity contribution in [1.82, 2.24) is 15.0 Å². The summed E-state index contributed by atoms with van der Waals surface area (Å²) in [5.41, 5.74) is 17.6. The van der Waals surface area contributed by atoms with Gasteiger partial charge in [-0.25, -0.2) is 15.0 Å². The Morgan fingerprint density at radius 1 is 0.247 bits per heavy atom. The number of hydrogen-bond donors (Lipinski definition) is 0. The standard InChI is InChI=1S/C44H30N2.C22H30B2O4.C17H12ClN/c1-5-15-31(16-6-1)35-27-41(33-19-9-3-10-20-33)45-43(29-35)39-25-13-24-38-37(39)23-14-26-40(38)44-30-36(32-17-7-2-8-18-32)28-42(46-44)34-21-11-4-12-22-34;1-19(2)20(3,4)26-23(25-19)17-13-9-12-16-15(17)11-10-14-18(16)24-27-21(5,6)22(7,8)28-24;18-17-12-15(13-7-3-1-4-8-13)11-16(19-17)14-9-5-2-6-10-14/h1-30H;9-14H,1-8H3;1-12H. The number of benzene rings is 10. The minimum atomic E-state index is -0.401. The topological polar surface area (TPSA) is 75.6 Å². The Labute approximate surface area is 552 Å². The number of rotatable bonds is 10. The zero-order valence-electron chi connectivity index (χ0n) is 53.7. The van der Waals surface area contributed by atoms with Gasteiger partial charge in [-0.2, -0.15) is 0 Å². The van der Waals surface area contributed by atoms with Crippen molar-refractivity contribution in [2.75, 3.05) is 0 Å². The fraction of sp³-hybridized carbons (Fsp3) is 0.145. The lowest BCUT2D eigenvalue weighted by Crippen LogP contribution is -2.41. The second kappa shape index (κ2) is 26.2. The molecule has 0 atom stereocenters. The van der Waals surface area contributed by atoms with Crippen LogP contribution in [-0.2, 0) is 18.6 Å². The molecule has 2 fully saturated rings. The maximum Gasteiger partial charge on any atom is 0.495 e. The van der Waals surface area contributed by atoms with E-state index in [0.29, 0.717) is 5.15 Å². The fourth-order valence-electron chi connectivity index (χ4n) is 12.0. The van der Waals surface area contributed by atoms with Crippen molar-refractivity contribution < 1.29 is 18.6 Å². The molecule has 93 heavy (non-hydrogen) atoms. The van der Waals surface area contributed by atoms with E-state index in [1.54, 1.807) is 0 Å². The summed E-state index contributed by atoms with van der Waals surface area (Å²) >= 11 is 6.14. The van der Waals surface area contributed by atoms with Gasteiger partial charge in [0.1, 0.15) is 5.15 Å². The summed E-state index contributed by atoms with van der Waals surface area (Å²) in [4.78, 5) is 14.9. The summed E-state index contributed by atoms with van der Waals surface area (Å²) < 4.78 is 25.2. The van der Waals surface area contributed by atoms with Gasteiger partial charge in [0, 0.05) is 27.8 Å². The monoisotopic (exact) mass is 1230 g/mol. The molecule has 0 N–H and O–H groups in total. The predicted octanol–water partition coefficient (Wildman–Crippen LogP) is 20.1. The summed E-state index contributed by atoms with van der Waals surface area (Å²) in [5, 5.41) is 5.01. The van der Waals surface area contributed by atoms with E-state index in [0.717, 1.165) is 111 Å². The molecule has 5 heterocycles. The Balaban J connectivity index is 0.000000142. The van der Waals surface area contributed by atoms with E-state index in [4.69, 9.17) is 40.2 Å². The molecule has 15 rings (SSSR count). The Kier molecular flexibility index (Phi) is 17.5.